The van der Waals surface area contributed by atoms with Gasteiger partial charge < -0.3 is 5.11 Å². The Kier molecular flexibility index (Phi) is 6.86. The van der Waals surface area contributed by atoms with Crippen molar-refractivity contribution in [2.45, 2.75) is 18.2 Å². The molecule has 0 saturated carbocycles. The summed E-state index contributed by atoms with van der Waals surface area (Å²) in [5.74, 6) is -0.549. The Hall–Kier alpha value is -4.96. The predicted octanol–water partition coefficient (Wildman–Crippen LogP) is 4.50. The summed E-state index contributed by atoms with van der Waals surface area (Å²) in [4.78, 5) is 31.5. The lowest BCUT2D eigenvalue weighted by Gasteiger charge is -2.13. The second-order valence-corrected chi connectivity index (χ2v) is 10.4. The molecule has 0 unspecified atom stereocenters. The molecule has 4 aromatic carbocycles. The number of hydrogen-bond acceptors (Lipinski definition) is 6. The highest BCUT2D eigenvalue weighted by Gasteiger charge is 2.17. The first-order valence-corrected chi connectivity index (χ1v) is 13.6. The molecule has 0 aliphatic heterocycles. The van der Waals surface area contributed by atoms with Crippen LogP contribution in [-0.4, -0.2) is 29.3 Å². The molecule has 0 spiro atoms. The topological polar surface area (TPSA) is 134 Å². The quantitative estimate of drug-likeness (QED) is 0.262. The predicted molar refractivity (Wildman–Crippen MR) is 152 cm³/mol. The highest BCUT2D eigenvalue weighted by Crippen LogP contribution is 2.26. The van der Waals surface area contributed by atoms with Crippen LogP contribution in [0.15, 0.2) is 110 Å². The van der Waals surface area contributed by atoms with Gasteiger partial charge in [-0.2, -0.15) is 0 Å². The molecule has 196 valence electrons. The van der Waals surface area contributed by atoms with Crippen LogP contribution >= 0.6 is 0 Å². The van der Waals surface area contributed by atoms with E-state index in [9.17, 15) is 23.1 Å². The van der Waals surface area contributed by atoms with Gasteiger partial charge in [0.05, 0.1) is 22.0 Å². The molecule has 0 fully saturated rings. The Morgan fingerprint density at radius 1 is 0.923 bits per heavy atom. The van der Waals surface area contributed by atoms with Crippen molar-refractivity contribution < 1.29 is 13.5 Å². The number of aliphatic imine (C=N–C) groups is 1. The molecule has 5 rings (SSSR count). The molecule has 0 aliphatic rings. The molecule has 9 nitrogen and oxygen atoms in total. The van der Waals surface area contributed by atoms with Crippen molar-refractivity contribution in [3.8, 4) is 11.6 Å². The number of aromatic amines is 1. The number of para-hydroxylation sites is 1. The third-order valence-electron chi connectivity index (χ3n) is 6.26. The first-order chi connectivity index (χ1) is 18.8. The van der Waals surface area contributed by atoms with E-state index in [0.29, 0.717) is 23.5 Å². The number of aromatic nitrogens is 2. The van der Waals surface area contributed by atoms with Crippen molar-refractivity contribution in [1.29, 1.82) is 0 Å². The van der Waals surface area contributed by atoms with Crippen LogP contribution in [0.2, 0.25) is 0 Å². The summed E-state index contributed by atoms with van der Waals surface area (Å²) in [7, 11) is -3.88. The molecule has 0 saturated heterocycles. The number of fused-ring (bicyclic) bond motifs is 1. The van der Waals surface area contributed by atoms with E-state index in [2.05, 4.69) is 14.7 Å². The summed E-state index contributed by atoms with van der Waals surface area (Å²) in [6, 6.07) is 25.6. The maximum atomic E-state index is 13.0. The van der Waals surface area contributed by atoms with Crippen LogP contribution in [0.5, 0.6) is 5.88 Å². The number of rotatable bonds is 7. The molecule has 0 aliphatic carbocycles. The second kappa shape index (κ2) is 10.4. The molecule has 0 atom stereocenters. The van der Waals surface area contributed by atoms with Crippen LogP contribution in [0.1, 0.15) is 18.1 Å². The van der Waals surface area contributed by atoms with Crippen molar-refractivity contribution in [3.63, 3.8) is 0 Å². The molecule has 1 aromatic heterocycles. The van der Waals surface area contributed by atoms with E-state index in [1.54, 1.807) is 24.3 Å². The lowest BCUT2D eigenvalue weighted by Crippen LogP contribution is -2.31. The molecule has 39 heavy (non-hydrogen) atoms. The van der Waals surface area contributed by atoms with Gasteiger partial charge in [0.25, 0.3) is 15.6 Å². The Bertz CT molecular complexity index is 1940. The number of nitrogens with one attached hydrogen (secondary N) is 2. The molecule has 5 aromatic rings. The maximum Gasteiger partial charge on any atom is 0.335 e. The van der Waals surface area contributed by atoms with Gasteiger partial charge in [-0.3, -0.25) is 19.5 Å². The second-order valence-electron chi connectivity index (χ2n) is 8.70. The van der Waals surface area contributed by atoms with E-state index in [1.807, 2.05) is 49.4 Å². The van der Waals surface area contributed by atoms with Crippen molar-refractivity contribution in [2.24, 2.45) is 4.99 Å². The van der Waals surface area contributed by atoms with Crippen molar-refractivity contribution in [3.05, 3.63) is 123 Å². The van der Waals surface area contributed by atoms with Gasteiger partial charge in [0.2, 0.25) is 5.88 Å². The molecule has 0 radical (unpaired) electrons. The van der Waals surface area contributed by atoms with Crippen LogP contribution in [0.3, 0.4) is 0 Å². The molecule has 1 heterocycles. The van der Waals surface area contributed by atoms with Crippen LogP contribution in [-0.2, 0) is 16.4 Å². The first-order valence-electron chi connectivity index (χ1n) is 12.1. The van der Waals surface area contributed by atoms with Gasteiger partial charge in [-0.1, -0.05) is 61.5 Å². The lowest BCUT2D eigenvalue weighted by molar-refractivity contribution is 0.429. The Morgan fingerprint density at radius 3 is 2.38 bits per heavy atom. The van der Waals surface area contributed by atoms with E-state index in [-0.39, 0.29) is 10.5 Å². The Labute approximate surface area is 223 Å². The van der Waals surface area contributed by atoms with Gasteiger partial charge in [0, 0.05) is 11.6 Å². The highest BCUT2D eigenvalue weighted by molar-refractivity contribution is 7.92. The summed E-state index contributed by atoms with van der Waals surface area (Å²) in [6.45, 7) is 1.91. The Morgan fingerprint density at radius 2 is 1.62 bits per heavy atom. The normalized spacial score (nSPS) is 11.7. The number of H-pyrrole nitrogens is 1. The average Bonchev–Trinajstić information content (AvgIpc) is 2.93. The van der Waals surface area contributed by atoms with Crippen molar-refractivity contribution in [2.75, 3.05) is 4.72 Å². The SMILES string of the molecule is CCc1ccccc1-n1c(O)c(C=Nc2ccc(S(=O)(=O)Nc3cccc4ccccc34)cc2)c(=O)[nH]c1=O. The monoisotopic (exact) mass is 540 g/mol. The molecule has 3 N–H and O–H groups in total. The standard InChI is InChI=1S/C29H24N4O5S/c1-2-19-8-4-6-13-26(19)33-28(35)24(27(34)31-29(33)36)18-30-21-14-16-22(17-15-21)39(37,38)32-25-12-7-10-20-9-3-5-11-23(20)25/h3-18,32,35H,2H2,1H3,(H,31,34,36). The number of aromatic hydroxyl groups is 1. The van der Waals surface area contributed by atoms with Gasteiger partial charge in [-0.05, 0) is 53.8 Å². The largest absolute Gasteiger partial charge is 0.493 e. The number of benzene rings is 4. The van der Waals surface area contributed by atoms with Crippen LogP contribution in [0.4, 0.5) is 11.4 Å². The van der Waals surface area contributed by atoms with Crippen LogP contribution in [0.25, 0.3) is 16.5 Å². The van der Waals surface area contributed by atoms with Gasteiger partial charge in [-0.25, -0.2) is 17.8 Å². The summed E-state index contributed by atoms with van der Waals surface area (Å²) >= 11 is 0. The van der Waals surface area contributed by atoms with Gasteiger partial charge in [-0.15, -0.1) is 0 Å². The van der Waals surface area contributed by atoms with Crippen LogP contribution < -0.4 is 16.0 Å². The third-order valence-corrected chi connectivity index (χ3v) is 7.64. The van der Waals surface area contributed by atoms with Crippen molar-refractivity contribution >= 4 is 38.4 Å². The van der Waals surface area contributed by atoms with Crippen LogP contribution in [0, 0.1) is 0 Å². The van der Waals surface area contributed by atoms with Gasteiger partial charge in [0.15, 0.2) is 0 Å². The Balaban J connectivity index is 1.43. The lowest BCUT2D eigenvalue weighted by atomic mass is 10.1. The fourth-order valence-electron chi connectivity index (χ4n) is 4.27. The molecular weight excluding hydrogens is 516 g/mol. The number of sulfonamides is 1. The molecule has 10 heteroatoms. The van der Waals surface area contributed by atoms with Gasteiger partial charge >= 0.3 is 5.69 Å². The summed E-state index contributed by atoms with van der Waals surface area (Å²) in [6.07, 6.45) is 1.74. The summed E-state index contributed by atoms with van der Waals surface area (Å²) in [5.41, 5.74) is 0.262. The number of nitrogens with zero attached hydrogens (tertiary/aromatic N) is 2. The minimum Gasteiger partial charge on any atom is -0.493 e. The molecule has 0 amide bonds. The number of hydrogen-bond donors (Lipinski definition) is 3. The zero-order chi connectivity index (χ0) is 27.6. The smallest absolute Gasteiger partial charge is 0.335 e. The minimum absolute atomic E-state index is 0.0276. The minimum atomic E-state index is -3.88. The zero-order valence-electron chi connectivity index (χ0n) is 20.8. The van der Waals surface area contributed by atoms with E-state index in [0.717, 1.165) is 27.1 Å². The average molecular weight is 541 g/mol. The van der Waals surface area contributed by atoms with E-state index in [4.69, 9.17) is 0 Å². The maximum absolute atomic E-state index is 13.0. The summed E-state index contributed by atoms with van der Waals surface area (Å²) < 4.78 is 29.7. The molecule has 0 bridgehead atoms. The number of aryl methyl sites for hydroxylation is 1. The van der Waals surface area contributed by atoms with Crippen molar-refractivity contribution in [1.82, 2.24) is 9.55 Å². The van der Waals surface area contributed by atoms with E-state index in [1.165, 1.54) is 24.3 Å². The zero-order valence-corrected chi connectivity index (χ0v) is 21.6. The fourth-order valence-corrected chi connectivity index (χ4v) is 5.35. The summed E-state index contributed by atoms with van der Waals surface area (Å²) in [5, 5.41) is 12.5. The third kappa shape index (κ3) is 5.10. The van der Waals surface area contributed by atoms with Gasteiger partial charge in [0.1, 0.15) is 5.56 Å². The fraction of sp³-hybridized carbons (Fsp3) is 0.0690. The molecular formula is C29H24N4O5S. The van der Waals surface area contributed by atoms with E-state index < -0.39 is 27.2 Å². The van der Waals surface area contributed by atoms with E-state index >= 15 is 0 Å². The number of anilines is 1. The first kappa shape index (κ1) is 25.7. The highest BCUT2D eigenvalue weighted by atomic mass is 32.2.